The largest absolute Gasteiger partial charge is 0.469 e. The van der Waals surface area contributed by atoms with E-state index in [9.17, 15) is 4.79 Å². The highest BCUT2D eigenvalue weighted by molar-refractivity contribution is 5.98. The van der Waals surface area contributed by atoms with Gasteiger partial charge < -0.3 is 4.42 Å². The molecule has 0 aromatic carbocycles. The molecule has 0 amide bonds. The van der Waals surface area contributed by atoms with Crippen LogP contribution in [0.3, 0.4) is 0 Å². The third-order valence-electron chi connectivity index (χ3n) is 1.79. The SMILES string of the molecule is CC#CCC(=O)c1ccoc1CC. The minimum atomic E-state index is 0.0416. The van der Waals surface area contributed by atoms with Crippen molar-refractivity contribution in [3.63, 3.8) is 0 Å². The van der Waals surface area contributed by atoms with Gasteiger partial charge in [-0.3, -0.25) is 4.79 Å². The quantitative estimate of drug-likeness (QED) is 0.523. The molecule has 0 saturated carbocycles. The van der Waals surface area contributed by atoms with Crippen LogP contribution in [-0.4, -0.2) is 5.78 Å². The number of hydrogen-bond donors (Lipinski definition) is 0. The highest BCUT2D eigenvalue weighted by atomic mass is 16.3. The van der Waals surface area contributed by atoms with Crippen LogP contribution in [0.1, 0.15) is 36.4 Å². The third kappa shape index (κ3) is 2.22. The maximum atomic E-state index is 11.5. The molecule has 68 valence electrons. The Labute approximate surface area is 77.9 Å². The van der Waals surface area contributed by atoms with Crippen LogP contribution in [0.5, 0.6) is 0 Å². The van der Waals surface area contributed by atoms with Crippen molar-refractivity contribution >= 4 is 5.78 Å². The highest BCUT2D eigenvalue weighted by Gasteiger charge is 2.11. The van der Waals surface area contributed by atoms with Gasteiger partial charge >= 0.3 is 0 Å². The molecule has 2 nitrogen and oxygen atoms in total. The minimum Gasteiger partial charge on any atom is -0.469 e. The summed E-state index contributed by atoms with van der Waals surface area (Å²) in [6.07, 6.45) is 2.57. The lowest BCUT2D eigenvalue weighted by Crippen LogP contribution is -1.98. The molecule has 1 aromatic heterocycles. The van der Waals surface area contributed by atoms with E-state index >= 15 is 0 Å². The maximum absolute atomic E-state index is 11.5. The molecular weight excluding hydrogens is 164 g/mol. The predicted octanol–water partition coefficient (Wildman–Crippen LogP) is 2.44. The van der Waals surface area contributed by atoms with Crippen LogP contribution >= 0.6 is 0 Å². The third-order valence-corrected chi connectivity index (χ3v) is 1.79. The second-order valence-electron chi connectivity index (χ2n) is 2.64. The molecular formula is C11H12O2. The van der Waals surface area contributed by atoms with Gasteiger partial charge in [-0.15, -0.1) is 5.92 Å². The van der Waals surface area contributed by atoms with Crippen LogP contribution < -0.4 is 0 Å². The van der Waals surface area contributed by atoms with Crippen molar-refractivity contribution in [1.29, 1.82) is 0 Å². The maximum Gasteiger partial charge on any atom is 0.178 e. The molecule has 0 aliphatic heterocycles. The molecule has 2 heteroatoms. The normalized spacial score (nSPS) is 9.08. The van der Waals surface area contributed by atoms with Gasteiger partial charge in [0.2, 0.25) is 0 Å². The Kier molecular flexibility index (Phi) is 3.33. The summed E-state index contributed by atoms with van der Waals surface area (Å²) in [5, 5.41) is 0. The van der Waals surface area contributed by atoms with Crippen LogP contribution in [0, 0.1) is 11.8 Å². The second-order valence-corrected chi connectivity index (χ2v) is 2.64. The fourth-order valence-electron chi connectivity index (χ4n) is 1.13. The Balaban J connectivity index is 2.79. The summed E-state index contributed by atoms with van der Waals surface area (Å²) in [5.74, 6) is 6.24. The van der Waals surface area contributed by atoms with Gasteiger partial charge in [-0.25, -0.2) is 0 Å². The molecule has 13 heavy (non-hydrogen) atoms. The average Bonchev–Trinajstić information content (AvgIpc) is 2.61. The molecule has 1 heterocycles. The van der Waals surface area contributed by atoms with Crippen molar-refractivity contribution in [1.82, 2.24) is 0 Å². The number of aryl methyl sites for hydroxylation is 1. The molecule has 0 saturated heterocycles. The Bertz CT molecular complexity index is 350. The molecule has 1 rings (SSSR count). The van der Waals surface area contributed by atoms with Crippen molar-refractivity contribution in [2.24, 2.45) is 0 Å². The zero-order chi connectivity index (χ0) is 9.68. The fourth-order valence-corrected chi connectivity index (χ4v) is 1.13. The standard InChI is InChI=1S/C11H12O2/c1-3-5-6-10(12)9-7-8-13-11(9)4-2/h7-8H,4,6H2,1-2H3. The molecule has 0 aliphatic rings. The van der Waals surface area contributed by atoms with Gasteiger partial charge in [0.15, 0.2) is 5.78 Å². The number of ketones is 1. The molecule has 0 spiro atoms. The molecule has 0 N–H and O–H groups in total. The summed E-state index contributed by atoms with van der Waals surface area (Å²) in [4.78, 5) is 11.5. The van der Waals surface area contributed by atoms with E-state index in [4.69, 9.17) is 4.42 Å². The lowest BCUT2D eigenvalue weighted by Gasteiger charge is -1.94. The fraction of sp³-hybridized carbons (Fsp3) is 0.364. The van der Waals surface area contributed by atoms with Gasteiger partial charge in [0.1, 0.15) is 5.76 Å². The Morgan fingerprint density at radius 2 is 2.38 bits per heavy atom. The van der Waals surface area contributed by atoms with Crippen LogP contribution in [0.4, 0.5) is 0 Å². The van der Waals surface area contributed by atoms with Gasteiger partial charge in [-0.05, 0) is 13.0 Å². The first-order valence-electron chi connectivity index (χ1n) is 4.28. The van der Waals surface area contributed by atoms with E-state index in [-0.39, 0.29) is 12.2 Å². The zero-order valence-corrected chi connectivity index (χ0v) is 7.89. The van der Waals surface area contributed by atoms with Gasteiger partial charge in [0, 0.05) is 6.42 Å². The van der Waals surface area contributed by atoms with E-state index in [1.165, 1.54) is 0 Å². The van der Waals surface area contributed by atoms with Crippen molar-refractivity contribution in [3.8, 4) is 11.8 Å². The molecule has 0 unspecified atom stereocenters. The zero-order valence-electron chi connectivity index (χ0n) is 7.89. The molecule has 0 aliphatic carbocycles. The Hall–Kier alpha value is -1.49. The van der Waals surface area contributed by atoms with Crippen LogP contribution in [0.15, 0.2) is 16.7 Å². The Morgan fingerprint density at radius 1 is 1.62 bits per heavy atom. The summed E-state index contributed by atoms with van der Waals surface area (Å²) in [6.45, 7) is 3.69. The second kappa shape index (κ2) is 4.51. The molecule has 0 atom stereocenters. The lowest BCUT2D eigenvalue weighted by molar-refractivity contribution is 0.0996. The smallest absolute Gasteiger partial charge is 0.178 e. The first-order valence-corrected chi connectivity index (χ1v) is 4.28. The van der Waals surface area contributed by atoms with E-state index in [2.05, 4.69) is 11.8 Å². The number of hydrogen-bond acceptors (Lipinski definition) is 2. The van der Waals surface area contributed by atoms with Crippen molar-refractivity contribution < 1.29 is 9.21 Å². The monoisotopic (exact) mass is 176 g/mol. The highest BCUT2D eigenvalue weighted by Crippen LogP contribution is 2.12. The molecule has 1 aromatic rings. The van der Waals surface area contributed by atoms with Crippen LogP contribution in [0.25, 0.3) is 0 Å². The summed E-state index contributed by atoms with van der Waals surface area (Å²) in [6, 6.07) is 1.71. The Morgan fingerprint density at radius 3 is 3.00 bits per heavy atom. The van der Waals surface area contributed by atoms with Crippen molar-refractivity contribution in [3.05, 3.63) is 23.7 Å². The van der Waals surface area contributed by atoms with E-state index < -0.39 is 0 Å². The lowest BCUT2D eigenvalue weighted by atomic mass is 10.1. The number of carbonyl (C=O) groups is 1. The van der Waals surface area contributed by atoms with E-state index in [1.54, 1.807) is 19.3 Å². The summed E-state index contributed by atoms with van der Waals surface area (Å²) < 4.78 is 5.15. The van der Waals surface area contributed by atoms with Crippen molar-refractivity contribution in [2.75, 3.05) is 0 Å². The van der Waals surface area contributed by atoms with Crippen LogP contribution in [0.2, 0.25) is 0 Å². The molecule has 0 fully saturated rings. The molecule has 0 radical (unpaired) electrons. The summed E-state index contributed by atoms with van der Waals surface area (Å²) in [7, 11) is 0. The van der Waals surface area contributed by atoms with E-state index in [0.717, 1.165) is 12.2 Å². The first kappa shape index (κ1) is 9.60. The first-order chi connectivity index (χ1) is 6.29. The van der Waals surface area contributed by atoms with Crippen LogP contribution in [-0.2, 0) is 6.42 Å². The molecule has 0 bridgehead atoms. The minimum absolute atomic E-state index is 0.0416. The van der Waals surface area contributed by atoms with E-state index in [0.29, 0.717) is 5.56 Å². The van der Waals surface area contributed by atoms with Crippen molar-refractivity contribution in [2.45, 2.75) is 26.7 Å². The van der Waals surface area contributed by atoms with Gasteiger partial charge in [-0.1, -0.05) is 12.8 Å². The number of furan rings is 1. The van der Waals surface area contributed by atoms with Gasteiger partial charge in [0.05, 0.1) is 18.2 Å². The number of carbonyl (C=O) groups excluding carboxylic acids is 1. The van der Waals surface area contributed by atoms with Gasteiger partial charge in [-0.2, -0.15) is 0 Å². The summed E-state index contributed by atoms with van der Waals surface area (Å²) in [5.41, 5.74) is 0.672. The predicted molar refractivity (Wildman–Crippen MR) is 50.5 cm³/mol. The summed E-state index contributed by atoms with van der Waals surface area (Å²) >= 11 is 0. The number of Topliss-reactive ketones (excluding diaryl/α,β-unsaturated/α-hetero) is 1. The number of rotatable bonds is 3. The average molecular weight is 176 g/mol. The van der Waals surface area contributed by atoms with E-state index in [1.807, 2.05) is 6.92 Å². The topological polar surface area (TPSA) is 30.2 Å². The van der Waals surface area contributed by atoms with Gasteiger partial charge in [0.25, 0.3) is 0 Å².